The van der Waals surface area contributed by atoms with Crippen molar-refractivity contribution in [2.45, 2.75) is 23.5 Å². The van der Waals surface area contributed by atoms with Gasteiger partial charge in [0.1, 0.15) is 5.75 Å². The zero-order valence-electron chi connectivity index (χ0n) is 14.0. The number of hydrogen-bond donors (Lipinski definition) is 0. The van der Waals surface area contributed by atoms with Crippen LogP contribution in [0.4, 0.5) is 0 Å². The van der Waals surface area contributed by atoms with E-state index in [4.69, 9.17) is 25.8 Å². The van der Waals surface area contributed by atoms with Gasteiger partial charge in [0.2, 0.25) is 0 Å². The Morgan fingerprint density at radius 1 is 1.04 bits per heavy atom. The Labute approximate surface area is 161 Å². The molecule has 2 aliphatic rings. The van der Waals surface area contributed by atoms with Gasteiger partial charge in [-0.15, -0.1) is 11.6 Å². The average Bonchev–Trinajstić information content (AvgIpc) is 2.99. The van der Waals surface area contributed by atoms with Gasteiger partial charge in [-0.05, 0) is 41.8 Å². The Bertz CT molecular complexity index is 734. The largest absolute Gasteiger partial charge is 0.497 e. The predicted molar refractivity (Wildman–Crippen MR) is 101 cm³/mol. The molecule has 3 nitrogen and oxygen atoms in total. The van der Waals surface area contributed by atoms with Gasteiger partial charge in [0.15, 0.2) is 0 Å². The van der Waals surface area contributed by atoms with E-state index >= 15 is 0 Å². The van der Waals surface area contributed by atoms with E-state index in [9.17, 15) is 0 Å². The highest BCUT2D eigenvalue weighted by atomic mass is 79.9. The third-order valence-corrected chi connectivity index (χ3v) is 6.29. The van der Waals surface area contributed by atoms with Gasteiger partial charge in [-0.3, -0.25) is 0 Å². The highest BCUT2D eigenvalue weighted by molar-refractivity contribution is 9.10. The molecular weight excluding hydrogens is 404 g/mol. The fraction of sp³-hybridized carbons (Fsp3) is 0.400. The van der Waals surface area contributed by atoms with Gasteiger partial charge in [-0.25, -0.2) is 0 Å². The number of fused-ring (bicyclic) bond motifs is 1. The summed E-state index contributed by atoms with van der Waals surface area (Å²) in [7, 11) is 1.67. The molecule has 25 heavy (non-hydrogen) atoms. The highest BCUT2D eigenvalue weighted by Crippen LogP contribution is 2.52. The van der Waals surface area contributed by atoms with E-state index < -0.39 is 0 Å². The van der Waals surface area contributed by atoms with Crippen LogP contribution in [0.2, 0.25) is 0 Å². The van der Waals surface area contributed by atoms with Gasteiger partial charge < -0.3 is 14.2 Å². The van der Waals surface area contributed by atoms with Crippen LogP contribution in [0.15, 0.2) is 53.0 Å². The number of ether oxygens (including phenoxy) is 3. The molecule has 2 aliphatic heterocycles. The van der Waals surface area contributed by atoms with Crippen LogP contribution in [0.1, 0.15) is 29.8 Å². The molecule has 4 atom stereocenters. The van der Waals surface area contributed by atoms with Gasteiger partial charge in [-0.2, -0.15) is 0 Å². The molecule has 0 N–H and O–H groups in total. The van der Waals surface area contributed by atoms with Gasteiger partial charge in [0.25, 0.3) is 0 Å². The van der Waals surface area contributed by atoms with Crippen LogP contribution < -0.4 is 4.74 Å². The second kappa shape index (κ2) is 6.92. The normalized spacial score (nSPS) is 31.6. The first-order valence-corrected chi connectivity index (χ1v) is 9.58. The fourth-order valence-corrected chi connectivity index (χ4v) is 4.42. The molecule has 2 aromatic rings. The lowest BCUT2D eigenvalue weighted by Gasteiger charge is -2.38. The quantitative estimate of drug-likeness (QED) is 0.628. The third kappa shape index (κ3) is 3.33. The van der Waals surface area contributed by atoms with E-state index in [2.05, 4.69) is 28.1 Å². The molecule has 0 bridgehead atoms. The molecular formula is C20H20BrClO3. The predicted octanol–water partition coefficient (Wildman–Crippen LogP) is 5.28. The van der Waals surface area contributed by atoms with Crippen molar-refractivity contribution in [1.29, 1.82) is 0 Å². The van der Waals surface area contributed by atoms with E-state index in [1.807, 2.05) is 36.4 Å². The highest BCUT2D eigenvalue weighted by Gasteiger charge is 2.53. The molecule has 4 rings (SSSR count). The summed E-state index contributed by atoms with van der Waals surface area (Å²) >= 11 is 10.5. The van der Waals surface area contributed by atoms with Crippen molar-refractivity contribution in [2.24, 2.45) is 5.92 Å². The zero-order valence-corrected chi connectivity index (χ0v) is 16.3. The Hall–Kier alpha value is -1.07. The van der Waals surface area contributed by atoms with Crippen LogP contribution >= 0.6 is 27.5 Å². The molecule has 2 heterocycles. The molecule has 0 aromatic heterocycles. The molecule has 2 aromatic carbocycles. The monoisotopic (exact) mass is 422 g/mol. The topological polar surface area (TPSA) is 27.7 Å². The zero-order chi connectivity index (χ0) is 17.4. The molecule has 2 fully saturated rings. The van der Waals surface area contributed by atoms with Crippen molar-refractivity contribution in [3.8, 4) is 5.75 Å². The minimum atomic E-state index is -0.388. The molecule has 0 amide bonds. The molecule has 5 heteroatoms. The first kappa shape index (κ1) is 17.3. The van der Waals surface area contributed by atoms with E-state index in [0.717, 1.165) is 27.8 Å². The SMILES string of the molecule is COc1ccc([C@@H]2OC[C@]3(Cl)C[C@@H](c4ccc(Br)cc4)OC[C@H]23)cc1. The van der Waals surface area contributed by atoms with Crippen LogP contribution in [0.5, 0.6) is 5.75 Å². The minimum absolute atomic E-state index is 0.0140. The van der Waals surface area contributed by atoms with Crippen molar-refractivity contribution in [3.05, 3.63) is 64.1 Å². The molecule has 0 spiro atoms. The second-order valence-corrected chi connectivity index (χ2v) is 8.39. The van der Waals surface area contributed by atoms with Crippen molar-refractivity contribution in [3.63, 3.8) is 0 Å². The van der Waals surface area contributed by atoms with Crippen LogP contribution in [0.3, 0.4) is 0 Å². The summed E-state index contributed by atoms with van der Waals surface area (Å²) in [6, 6.07) is 16.3. The second-order valence-electron chi connectivity index (χ2n) is 6.72. The smallest absolute Gasteiger partial charge is 0.118 e. The maximum absolute atomic E-state index is 7.01. The average molecular weight is 424 g/mol. The number of alkyl halides is 1. The lowest BCUT2D eigenvalue weighted by Crippen LogP contribution is -2.41. The Balaban J connectivity index is 1.52. The molecule has 0 aliphatic carbocycles. The van der Waals surface area contributed by atoms with Crippen LogP contribution in [-0.4, -0.2) is 25.2 Å². The van der Waals surface area contributed by atoms with Gasteiger partial charge >= 0.3 is 0 Å². The van der Waals surface area contributed by atoms with E-state index in [-0.39, 0.29) is 23.0 Å². The van der Waals surface area contributed by atoms with Crippen LogP contribution in [0, 0.1) is 5.92 Å². The summed E-state index contributed by atoms with van der Waals surface area (Å²) in [5.74, 6) is 0.989. The summed E-state index contributed by atoms with van der Waals surface area (Å²) in [4.78, 5) is -0.388. The third-order valence-electron chi connectivity index (χ3n) is 5.22. The van der Waals surface area contributed by atoms with E-state index in [1.165, 1.54) is 0 Å². The van der Waals surface area contributed by atoms with Crippen molar-refractivity contribution in [1.82, 2.24) is 0 Å². The molecule has 0 radical (unpaired) electrons. The minimum Gasteiger partial charge on any atom is -0.497 e. The first-order chi connectivity index (χ1) is 12.1. The fourth-order valence-electron chi connectivity index (χ4n) is 3.77. The number of rotatable bonds is 3. The standard InChI is InChI=1S/C20H20BrClO3/c1-23-16-8-4-14(5-9-16)19-17-11-24-18(10-20(17,22)12-25-19)13-2-6-15(21)7-3-13/h2-9,17-19H,10-12H2,1H3/t17-,18+,19+,20-/m1/s1. The first-order valence-electron chi connectivity index (χ1n) is 8.40. The Kier molecular flexibility index (Phi) is 4.80. The van der Waals surface area contributed by atoms with Crippen molar-refractivity contribution < 1.29 is 14.2 Å². The Morgan fingerprint density at radius 2 is 1.72 bits per heavy atom. The van der Waals surface area contributed by atoms with Gasteiger partial charge in [0.05, 0.1) is 37.4 Å². The summed E-state index contributed by atoms with van der Waals surface area (Å²) in [6.07, 6.45) is 0.738. The van der Waals surface area contributed by atoms with Crippen LogP contribution in [0.25, 0.3) is 0 Å². The van der Waals surface area contributed by atoms with E-state index in [1.54, 1.807) is 7.11 Å². The summed E-state index contributed by atoms with van der Waals surface area (Å²) < 4.78 is 18.6. The van der Waals surface area contributed by atoms with Crippen molar-refractivity contribution in [2.75, 3.05) is 20.3 Å². The number of benzene rings is 2. The molecule has 0 unspecified atom stereocenters. The molecule has 2 saturated heterocycles. The Morgan fingerprint density at radius 3 is 2.40 bits per heavy atom. The summed E-state index contributed by atoms with van der Waals surface area (Å²) in [5.41, 5.74) is 2.29. The van der Waals surface area contributed by atoms with Crippen LogP contribution in [-0.2, 0) is 9.47 Å². The van der Waals surface area contributed by atoms with Gasteiger partial charge in [-0.1, -0.05) is 40.2 Å². The molecule has 132 valence electrons. The van der Waals surface area contributed by atoms with Crippen molar-refractivity contribution >= 4 is 27.5 Å². The summed E-state index contributed by atoms with van der Waals surface area (Å²) in [5, 5.41) is 0. The molecule has 0 saturated carbocycles. The lowest BCUT2D eigenvalue weighted by atomic mass is 9.80. The summed E-state index contributed by atoms with van der Waals surface area (Å²) in [6.45, 7) is 1.15. The van der Waals surface area contributed by atoms with E-state index in [0.29, 0.717) is 13.2 Å². The number of halogens is 2. The lowest BCUT2D eigenvalue weighted by molar-refractivity contribution is -0.0380. The number of hydrogen-bond acceptors (Lipinski definition) is 3. The number of methoxy groups -OCH3 is 1. The maximum Gasteiger partial charge on any atom is 0.118 e. The van der Waals surface area contributed by atoms with Gasteiger partial charge in [0, 0.05) is 10.4 Å². The maximum atomic E-state index is 7.01.